The van der Waals surface area contributed by atoms with Crippen molar-refractivity contribution < 1.29 is 13.9 Å². The van der Waals surface area contributed by atoms with Crippen molar-refractivity contribution in [3.8, 4) is 0 Å². The van der Waals surface area contributed by atoms with Gasteiger partial charge < -0.3 is 10.0 Å². The number of aliphatic hydroxyl groups is 1. The van der Waals surface area contributed by atoms with Crippen LogP contribution in [0, 0.1) is 11.6 Å². The van der Waals surface area contributed by atoms with E-state index in [1.165, 1.54) is 6.07 Å². The van der Waals surface area contributed by atoms with Gasteiger partial charge >= 0.3 is 0 Å². The van der Waals surface area contributed by atoms with Gasteiger partial charge in [-0.15, -0.1) is 0 Å². The molecule has 0 amide bonds. The van der Waals surface area contributed by atoms with Crippen LogP contribution in [0.25, 0.3) is 0 Å². The van der Waals surface area contributed by atoms with Crippen molar-refractivity contribution in [2.45, 2.75) is 38.2 Å². The van der Waals surface area contributed by atoms with E-state index in [1.807, 2.05) is 0 Å². The SMILES string of the molecule is CCN1CCCC(O)(Cc2cc(F)ccc2F)CC1. The summed E-state index contributed by atoms with van der Waals surface area (Å²) >= 11 is 0. The Morgan fingerprint density at radius 2 is 2.05 bits per heavy atom. The van der Waals surface area contributed by atoms with Gasteiger partial charge in [0.1, 0.15) is 11.6 Å². The molecule has 2 nitrogen and oxygen atoms in total. The van der Waals surface area contributed by atoms with Crippen molar-refractivity contribution in [3.05, 3.63) is 35.4 Å². The van der Waals surface area contributed by atoms with Crippen LogP contribution in [0.15, 0.2) is 18.2 Å². The summed E-state index contributed by atoms with van der Waals surface area (Å²) in [4.78, 5) is 2.28. The number of hydrogen-bond acceptors (Lipinski definition) is 2. The molecule has 1 aliphatic rings. The molecule has 1 aromatic carbocycles. The maximum atomic E-state index is 13.7. The number of nitrogens with zero attached hydrogens (tertiary/aromatic N) is 1. The summed E-state index contributed by atoms with van der Waals surface area (Å²) in [6.45, 7) is 4.83. The molecule has 106 valence electrons. The summed E-state index contributed by atoms with van der Waals surface area (Å²) in [5.41, 5.74) is -0.647. The summed E-state index contributed by atoms with van der Waals surface area (Å²) in [5.74, 6) is -0.893. The highest BCUT2D eigenvalue weighted by Crippen LogP contribution is 2.27. The maximum absolute atomic E-state index is 13.7. The highest BCUT2D eigenvalue weighted by molar-refractivity contribution is 5.20. The Balaban J connectivity index is 2.10. The fraction of sp³-hybridized carbons (Fsp3) is 0.600. The van der Waals surface area contributed by atoms with Gasteiger partial charge in [0.05, 0.1) is 5.60 Å². The minimum absolute atomic E-state index is 0.189. The van der Waals surface area contributed by atoms with Crippen LogP contribution in [0.3, 0.4) is 0 Å². The van der Waals surface area contributed by atoms with E-state index in [0.717, 1.165) is 38.2 Å². The minimum atomic E-state index is -0.918. The summed E-state index contributed by atoms with van der Waals surface area (Å²) in [5, 5.41) is 10.6. The molecule has 1 atom stereocenters. The van der Waals surface area contributed by atoms with Crippen LogP contribution in [0.1, 0.15) is 31.7 Å². The Hall–Kier alpha value is -1.00. The molecule has 1 saturated heterocycles. The molecule has 0 aliphatic carbocycles. The van der Waals surface area contributed by atoms with E-state index >= 15 is 0 Å². The minimum Gasteiger partial charge on any atom is -0.389 e. The van der Waals surface area contributed by atoms with E-state index in [1.54, 1.807) is 0 Å². The van der Waals surface area contributed by atoms with Crippen molar-refractivity contribution in [2.24, 2.45) is 0 Å². The van der Waals surface area contributed by atoms with Crippen LogP contribution >= 0.6 is 0 Å². The molecule has 0 bridgehead atoms. The van der Waals surface area contributed by atoms with Gasteiger partial charge in [0.15, 0.2) is 0 Å². The number of halogens is 2. The lowest BCUT2D eigenvalue weighted by Gasteiger charge is -2.27. The molecule has 1 N–H and O–H groups in total. The Labute approximate surface area is 113 Å². The van der Waals surface area contributed by atoms with E-state index in [0.29, 0.717) is 12.8 Å². The van der Waals surface area contributed by atoms with Gasteiger partial charge in [0.2, 0.25) is 0 Å². The van der Waals surface area contributed by atoms with Crippen LogP contribution in [-0.2, 0) is 6.42 Å². The van der Waals surface area contributed by atoms with E-state index in [9.17, 15) is 13.9 Å². The fourth-order valence-electron chi connectivity index (χ4n) is 2.76. The quantitative estimate of drug-likeness (QED) is 0.912. The molecule has 4 heteroatoms. The van der Waals surface area contributed by atoms with Crippen molar-refractivity contribution in [2.75, 3.05) is 19.6 Å². The summed E-state index contributed by atoms with van der Waals surface area (Å²) in [7, 11) is 0. The zero-order chi connectivity index (χ0) is 13.9. The predicted molar refractivity (Wildman–Crippen MR) is 71.0 cm³/mol. The van der Waals surface area contributed by atoms with E-state index in [-0.39, 0.29) is 12.0 Å². The highest BCUT2D eigenvalue weighted by atomic mass is 19.1. The summed E-state index contributed by atoms with van der Waals surface area (Å²) < 4.78 is 26.8. The third-order valence-electron chi connectivity index (χ3n) is 3.98. The van der Waals surface area contributed by atoms with Gasteiger partial charge in [-0.05, 0) is 56.1 Å². The van der Waals surface area contributed by atoms with E-state index < -0.39 is 17.2 Å². The number of hydrogen-bond donors (Lipinski definition) is 1. The van der Waals surface area contributed by atoms with Crippen LogP contribution in [-0.4, -0.2) is 35.2 Å². The number of likely N-dealkylation sites (tertiary alicyclic amines) is 1. The first-order valence-electron chi connectivity index (χ1n) is 6.91. The third-order valence-corrected chi connectivity index (χ3v) is 3.98. The Bertz CT molecular complexity index is 438. The average Bonchev–Trinajstić information content (AvgIpc) is 2.56. The molecule has 1 aromatic rings. The van der Waals surface area contributed by atoms with Gasteiger partial charge in [0, 0.05) is 13.0 Å². The molecular formula is C15H21F2NO. The molecule has 1 fully saturated rings. The third kappa shape index (κ3) is 3.74. The van der Waals surface area contributed by atoms with Gasteiger partial charge in [-0.2, -0.15) is 0 Å². The number of rotatable bonds is 3. The Morgan fingerprint density at radius 1 is 1.26 bits per heavy atom. The smallest absolute Gasteiger partial charge is 0.126 e. The molecule has 0 radical (unpaired) electrons. The lowest BCUT2D eigenvalue weighted by molar-refractivity contribution is 0.0250. The lowest BCUT2D eigenvalue weighted by Crippen LogP contribution is -2.33. The van der Waals surface area contributed by atoms with Crippen molar-refractivity contribution in [1.82, 2.24) is 4.90 Å². The van der Waals surface area contributed by atoms with Gasteiger partial charge in [0.25, 0.3) is 0 Å². The second-order valence-electron chi connectivity index (χ2n) is 5.42. The molecule has 0 aromatic heterocycles. The molecule has 1 aliphatic heterocycles. The molecule has 19 heavy (non-hydrogen) atoms. The summed E-state index contributed by atoms with van der Waals surface area (Å²) in [6, 6.07) is 3.42. The van der Waals surface area contributed by atoms with Crippen LogP contribution in [0.2, 0.25) is 0 Å². The zero-order valence-corrected chi connectivity index (χ0v) is 11.3. The van der Waals surface area contributed by atoms with Crippen LogP contribution in [0.4, 0.5) is 8.78 Å². The van der Waals surface area contributed by atoms with Gasteiger partial charge in [-0.3, -0.25) is 0 Å². The molecule has 0 saturated carbocycles. The van der Waals surface area contributed by atoms with Gasteiger partial charge in [-0.25, -0.2) is 8.78 Å². The Kier molecular flexibility index (Phi) is 4.53. The molecular weight excluding hydrogens is 248 g/mol. The lowest BCUT2D eigenvalue weighted by atomic mass is 9.87. The molecule has 1 heterocycles. The van der Waals surface area contributed by atoms with E-state index in [4.69, 9.17) is 0 Å². The largest absolute Gasteiger partial charge is 0.389 e. The zero-order valence-electron chi connectivity index (χ0n) is 11.3. The Morgan fingerprint density at radius 3 is 2.79 bits per heavy atom. The normalized spacial score (nSPS) is 25.3. The van der Waals surface area contributed by atoms with Crippen molar-refractivity contribution in [1.29, 1.82) is 0 Å². The molecule has 1 unspecified atom stereocenters. The van der Waals surface area contributed by atoms with E-state index in [2.05, 4.69) is 11.8 Å². The number of benzene rings is 1. The van der Waals surface area contributed by atoms with Crippen LogP contribution in [0.5, 0.6) is 0 Å². The average molecular weight is 269 g/mol. The first-order valence-corrected chi connectivity index (χ1v) is 6.91. The highest BCUT2D eigenvalue weighted by Gasteiger charge is 2.31. The van der Waals surface area contributed by atoms with Crippen molar-refractivity contribution >= 4 is 0 Å². The topological polar surface area (TPSA) is 23.5 Å². The standard InChI is InChI=1S/C15H21F2NO/c1-2-18-8-3-6-15(19,7-9-18)11-12-10-13(16)4-5-14(12)17/h4-5,10,19H,2-3,6-9,11H2,1H3. The first-order chi connectivity index (χ1) is 9.02. The van der Waals surface area contributed by atoms with Crippen molar-refractivity contribution in [3.63, 3.8) is 0 Å². The maximum Gasteiger partial charge on any atom is 0.126 e. The summed E-state index contributed by atoms with van der Waals surface area (Å²) in [6.07, 6.45) is 2.33. The predicted octanol–water partition coefficient (Wildman–Crippen LogP) is 2.74. The second-order valence-corrected chi connectivity index (χ2v) is 5.42. The first kappa shape index (κ1) is 14.4. The molecule has 2 rings (SSSR count). The van der Waals surface area contributed by atoms with Crippen LogP contribution < -0.4 is 0 Å². The fourth-order valence-corrected chi connectivity index (χ4v) is 2.76. The molecule has 0 spiro atoms. The van der Waals surface area contributed by atoms with Gasteiger partial charge in [-0.1, -0.05) is 6.92 Å². The monoisotopic (exact) mass is 269 g/mol. The second kappa shape index (κ2) is 5.97.